The summed E-state index contributed by atoms with van der Waals surface area (Å²) in [6, 6.07) is 5.28. The number of nitrogens with zero attached hydrogens (tertiary/aromatic N) is 2. The fraction of sp³-hybridized carbons (Fsp3) is 0.412. The molecule has 7 N–H and O–H groups in total. The fourth-order valence-corrected chi connectivity index (χ4v) is 7.26. The number of carbonyl (C=O) groups excluding carboxylic acids is 4. The smallest absolute Gasteiger partial charge is 0.416 e. The van der Waals surface area contributed by atoms with Crippen LogP contribution < -0.4 is 11.1 Å². The van der Waals surface area contributed by atoms with Gasteiger partial charge in [-0.25, -0.2) is 0 Å². The van der Waals surface area contributed by atoms with Gasteiger partial charge in [-0.3, -0.25) is 29.0 Å². The predicted octanol–water partition coefficient (Wildman–Crippen LogP) is 2.48. The Labute approximate surface area is 279 Å². The van der Waals surface area contributed by atoms with Crippen LogP contribution in [0.5, 0.6) is 5.75 Å². The minimum Gasteiger partial charge on any atom is -0.508 e. The van der Waals surface area contributed by atoms with Crippen molar-refractivity contribution in [3.05, 3.63) is 75.6 Å². The average molecular weight is 687 g/mol. The van der Waals surface area contributed by atoms with E-state index >= 15 is 0 Å². The zero-order valence-electron chi connectivity index (χ0n) is 27.1. The molecule has 3 aliphatic rings. The first-order valence-electron chi connectivity index (χ1n) is 15.5. The van der Waals surface area contributed by atoms with Crippen molar-refractivity contribution in [2.24, 2.45) is 17.6 Å². The van der Waals surface area contributed by atoms with E-state index in [1.54, 1.807) is 18.9 Å². The van der Waals surface area contributed by atoms with Crippen molar-refractivity contribution in [2.75, 3.05) is 33.0 Å². The lowest BCUT2D eigenvalue weighted by Gasteiger charge is -2.50. The summed E-state index contributed by atoms with van der Waals surface area (Å²) < 4.78 is 39.2. The van der Waals surface area contributed by atoms with Gasteiger partial charge >= 0.3 is 6.18 Å². The molecule has 0 radical (unpaired) electrons. The van der Waals surface area contributed by atoms with Crippen molar-refractivity contribution in [3.63, 3.8) is 0 Å². The number of likely N-dealkylation sites (N-methyl/N-ethyl adjacent to an activating group) is 2. The number of anilines is 1. The van der Waals surface area contributed by atoms with E-state index in [1.807, 2.05) is 0 Å². The normalized spacial score (nSPS) is 24.5. The maximum atomic E-state index is 14.0. The van der Waals surface area contributed by atoms with Crippen LogP contribution in [0.4, 0.5) is 18.9 Å². The second-order valence-electron chi connectivity index (χ2n) is 12.9. The van der Waals surface area contributed by atoms with Crippen molar-refractivity contribution < 1.29 is 52.8 Å². The van der Waals surface area contributed by atoms with E-state index in [0.29, 0.717) is 17.7 Å². The minimum atomic E-state index is -4.52. The highest BCUT2D eigenvalue weighted by Crippen LogP contribution is 2.53. The number of benzene rings is 2. The second kappa shape index (κ2) is 12.6. The van der Waals surface area contributed by atoms with Crippen LogP contribution in [0, 0.1) is 11.8 Å². The third-order valence-electron chi connectivity index (χ3n) is 9.89. The SMILES string of the molecule is CCN(C)C(Cc1ccc(C(F)(F)F)cc1)C(=O)Nc1ccc2c(c1O)C(O)=C1C(=O)C3(O)C(O)=C(C(N)=O)C(=O)[C@@H](N(C)C)C3CC1C2. The Balaban J connectivity index is 1.50. The molecule has 0 aliphatic heterocycles. The maximum absolute atomic E-state index is 14.0. The topological polar surface area (TPSA) is 194 Å². The highest BCUT2D eigenvalue weighted by molar-refractivity contribution is 6.24. The Morgan fingerprint density at radius 1 is 1.06 bits per heavy atom. The molecule has 5 atom stereocenters. The van der Waals surface area contributed by atoms with Gasteiger partial charge in [0.15, 0.2) is 11.4 Å². The number of aliphatic hydroxyl groups is 3. The molecule has 0 saturated heterocycles. The van der Waals surface area contributed by atoms with Crippen LogP contribution in [-0.2, 0) is 38.2 Å². The van der Waals surface area contributed by atoms with Crippen LogP contribution in [0.3, 0.4) is 0 Å². The highest BCUT2D eigenvalue weighted by atomic mass is 19.4. The number of phenolic OH excluding ortho intramolecular Hbond substituents is 1. The number of nitrogens with two attached hydrogens (primary N) is 1. The zero-order chi connectivity index (χ0) is 36.3. The molecule has 3 aliphatic carbocycles. The Kier molecular flexibility index (Phi) is 9.16. The summed E-state index contributed by atoms with van der Waals surface area (Å²) in [7, 11) is 4.67. The zero-order valence-corrected chi connectivity index (χ0v) is 27.1. The average Bonchev–Trinajstić information content (AvgIpc) is 3.02. The van der Waals surface area contributed by atoms with Gasteiger partial charge in [0.25, 0.3) is 5.91 Å². The van der Waals surface area contributed by atoms with Crippen molar-refractivity contribution in [1.29, 1.82) is 0 Å². The Morgan fingerprint density at radius 2 is 1.69 bits per heavy atom. The van der Waals surface area contributed by atoms with Gasteiger partial charge in [0.05, 0.1) is 28.9 Å². The van der Waals surface area contributed by atoms with E-state index in [-0.39, 0.29) is 36.1 Å². The van der Waals surface area contributed by atoms with Gasteiger partial charge in [-0.15, -0.1) is 0 Å². The number of aromatic hydroxyl groups is 1. The van der Waals surface area contributed by atoms with E-state index in [4.69, 9.17) is 5.73 Å². The standard InChI is InChI=1S/C34H37F3N4O8/c1-5-41(4)21(12-15-6-9-18(10-7-15)34(35,36)37)32(48)39-20-11-8-16-13-17-14-19-25(40(2)3)28(44)24(31(38)47)30(46)33(19,49)29(45)23(17)27(43)22(16)26(20)42/h6-11,17,19,21,25,42-43,46,49H,5,12-14H2,1-4H3,(H2,38,47)(H,39,48)/t17?,19?,21?,25-,33?/m0/s1. The number of rotatable bonds is 8. The monoisotopic (exact) mass is 686 g/mol. The van der Waals surface area contributed by atoms with E-state index < -0.39 is 87.5 Å². The summed E-state index contributed by atoms with van der Waals surface area (Å²) >= 11 is 0. The summed E-state index contributed by atoms with van der Waals surface area (Å²) in [5.74, 6) is -8.44. The number of hydrogen-bond donors (Lipinski definition) is 6. The van der Waals surface area contributed by atoms with Gasteiger partial charge in [0.1, 0.15) is 22.8 Å². The molecule has 0 bridgehead atoms. The number of alkyl halides is 3. The Hall–Kier alpha value is -4.73. The molecule has 5 rings (SSSR count). The molecule has 2 aromatic carbocycles. The molecule has 2 amide bonds. The van der Waals surface area contributed by atoms with Crippen LogP contribution in [0.1, 0.15) is 35.6 Å². The van der Waals surface area contributed by atoms with Crippen LogP contribution in [0.2, 0.25) is 0 Å². The third kappa shape index (κ3) is 5.85. The van der Waals surface area contributed by atoms with Gasteiger partial charge in [0.2, 0.25) is 11.7 Å². The van der Waals surface area contributed by atoms with Crippen molar-refractivity contribution in [2.45, 2.75) is 50.0 Å². The first-order valence-corrected chi connectivity index (χ1v) is 15.5. The van der Waals surface area contributed by atoms with Crippen LogP contribution >= 0.6 is 0 Å². The van der Waals surface area contributed by atoms with Crippen LogP contribution in [-0.4, -0.2) is 99.0 Å². The first kappa shape index (κ1) is 35.6. The van der Waals surface area contributed by atoms with Crippen LogP contribution in [0.25, 0.3) is 5.76 Å². The van der Waals surface area contributed by atoms with Crippen molar-refractivity contribution in [1.82, 2.24) is 9.80 Å². The maximum Gasteiger partial charge on any atom is 0.416 e. The number of halogens is 3. The highest BCUT2D eigenvalue weighted by Gasteiger charge is 2.64. The number of phenols is 1. The molecule has 1 fully saturated rings. The molecule has 0 spiro atoms. The number of aliphatic hydroxyl groups excluding tert-OH is 2. The molecular formula is C34H37F3N4O8. The van der Waals surface area contributed by atoms with Crippen LogP contribution in [0.15, 0.2) is 53.3 Å². The van der Waals surface area contributed by atoms with E-state index in [2.05, 4.69) is 5.32 Å². The molecule has 4 unspecified atom stereocenters. The number of carbonyl (C=O) groups is 4. The number of nitrogens with one attached hydrogen (secondary N) is 1. The summed E-state index contributed by atoms with van der Waals surface area (Å²) in [6.45, 7) is 2.18. The molecule has 0 aromatic heterocycles. The summed E-state index contributed by atoms with van der Waals surface area (Å²) in [4.78, 5) is 56.1. The Bertz CT molecular complexity index is 1800. The lowest BCUT2D eigenvalue weighted by molar-refractivity contribution is -0.153. The molecule has 0 heterocycles. The molecule has 2 aromatic rings. The molecular weight excluding hydrogens is 649 g/mol. The fourth-order valence-electron chi connectivity index (χ4n) is 7.26. The van der Waals surface area contributed by atoms with Crippen molar-refractivity contribution in [3.8, 4) is 5.75 Å². The van der Waals surface area contributed by atoms with E-state index in [9.17, 15) is 52.8 Å². The van der Waals surface area contributed by atoms with E-state index in [1.165, 1.54) is 43.3 Å². The molecule has 12 nitrogen and oxygen atoms in total. The molecule has 49 heavy (non-hydrogen) atoms. The number of Topliss-reactive ketones (excluding diaryl/α,β-unsaturated/α-hetero) is 2. The van der Waals surface area contributed by atoms with Gasteiger partial charge in [-0.05, 0) is 82.2 Å². The summed E-state index contributed by atoms with van der Waals surface area (Å²) in [5.41, 5.74) is 1.01. The molecule has 1 saturated carbocycles. The van der Waals surface area contributed by atoms with Gasteiger partial charge in [-0.1, -0.05) is 25.1 Å². The molecule has 262 valence electrons. The second-order valence-corrected chi connectivity index (χ2v) is 12.9. The number of fused-ring (bicyclic) bond motifs is 3. The number of ketones is 2. The largest absolute Gasteiger partial charge is 0.508 e. The van der Waals surface area contributed by atoms with Crippen molar-refractivity contribution >= 4 is 34.8 Å². The first-order chi connectivity index (χ1) is 22.8. The lowest BCUT2D eigenvalue weighted by atomic mass is 9.57. The van der Waals surface area contributed by atoms with Gasteiger partial charge in [0, 0.05) is 11.5 Å². The van der Waals surface area contributed by atoms with Gasteiger partial charge in [-0.2, -0.15) is 13.2 Å². The molecule has 15 heteroatoms. The predicted molar refractivity (Wildman–Crippen MR) is 170 cm³/mol. The summed E-state index contributed by atoms with van der Waals surface area (Å²) in [5, 5.41) is 48.2. The number of hydrogen-bond acceptors (Lipinski definition) is 10. The minimum absolute atomic E-state index is 0.0337. The lowest BCUT2D eigenvalue weighted by Crippen LogP contribution is -2.65. The number of amides is 2. The quantitative estimate of drug-likeness (QED) is 0.178. The number of primary amides is 1. The van der Waals surface area contributed by atoms with Gasteiger partial charge < -0.3 is 31.5 Å². The third-order valence-corrected chi connectivity index (χ3v) is 9.89. The Morgan fingerprint density at radius 3 is 2.24 bits per heavy atom. The summed E-state index contributed by atoms with van der Waals surface area (Å²) in [6.07, 6.45) is -4.48. The van der Waals surface area contributed by atoms with E-state index in [0.717, 1.165) is 12.1 Å².